The molecule has 20 heavy (non-hydrogen) atoms. The Morgan fingerprint density at radius 3 is 1.10 bits per heavy atom. The van der Waals surface area contributed by atoms with E-state index in [1.165, 1.54) is 24.0 Å². The molecule has 0 N–H and O–H groups in total. The van der Waals surface area contributed by atoms with Crippen LogP contribution in [-0.4, -0.2) is 5.78 Å². The fourth-order valence-corrected chi connectivity index (χ4v) is 0.816. The molecule has 0 aromatic carbocycles. The first-order valence-electron chi connectivity index (χ1n) is 6.53. The molecular weight excluding hydrogens is 244 g/mol. The van der Waals surface area contributed by atoms with Crippen molar-refractivity contribution in [1.82, 2.24) is 0 Å². The zero-order valence-corrected chi connectivity index (χ0v) is 13.4. The Morgan fingerprint density at radius 2 is 1.05 bits per heavy atom. The fraction of sp³-hybridized carbons (Fsp3) is 0.632. The predicted octanol–water partition coefficient (Wildman–Crippen LogP) is 7.15. The number of carbonyl (C=O) groups is 1. The van der Waals surface area contributed by atoms with Gasteiger partial charge in [0.05, 0.1) is 0 Å². The van der Waals surface area contributed by atoms with E-state index in [2.05, 4.69) is 33.6 Å². The number of carbonyl (C=O) groups excluding carboxylic acids is 1. The van der Waals surface area contributed by atoms with Crippen molar-refractivity contribution in [3.8, 4) is 0 Å². The molecule has 1 nitrogen and oxygen atoms in total. The van der Waals surface area contributed by atoms with Gasteiger partial charge in [-0.15, -0.1) is 19.7 Å². The Labute approximate surface area is 129 Å². The van der Waals surface area contributed by atoms with Crippen LogP contribution in [0.1, 0.15) is 82.1 Å². The standard InChI is InChI=1S/C7H12O.C6H12.C4H8.2CH4/c1-6(2)4-5-7(3)8;1-4-5-6(2)3;1-4(2)3;;/h1,4-5H2,2-3H3;2,4-5H2,1,3H3;1H2,2-3H3;2*1H4. The van der Waals surface area contributed by atoms with Crippen LogP contribution in [0, 0.1) is 0 Å². The van der Waals surface area contributed by atoms with Crippen molar-refractivity contribution in [2.45, 2.75) is 82.1 Å². The molecule has 0 aliphatic carbocycles. The van der Waals surface area contributed by atoms with Gasteiger partial charge in [0.15, 0.2) is 0 Å². The molecule has 0 amide bonds. The molecule has 0 rings (SSSR count). The van der Waals surface area contributed by atoms with E-state index in [0.29, 0.717) is 6.42 Å². The van der Waals surface area contributed by atoms with E-state index in [-0.39, 0.29) is 20.6 Å². The molecule has 0 bridgehead atoms. The molecule has 1 heteroatoms. The average molecular weight is 285 g/mol. The lowest BCUT2D eigenvalue weighted by Crippen LogP contribution is -1.88. The maximum Gasteiger partial charge on any atom is 0.130 e. The largest absolute Gasteiger partial charge is 0.300 e. The lowest BCUT2D eigenvalue weighted by Gasteiger charge is -1.91. The smallest absolute Gasteiger partial charge is 0.130 e. The highest BCUT2D eigenvalue weighted by molar-refractivity contribution is 5.75. The second kappa shape index (κ2) is 23.0. The van der Waals surface area contributed by atoms with Crippen LogP contribution in [0.25, 0.3) is 0 Å². The lowest BCUT2D eigenvalue weighted by molar-refractivity contribution is -0.116. The summed E-state index contributed by atoms with van der Waals surface area (Å²) >= 11 is 0. The van der Waals surface area contributed by atoms with Gasteiger partial charge in [0.25, 0.3) is 0 Å². The monoisotopic (exact) mass is 284 g/mol. The van der Waals surface area contributed by atoms with Crippen molar-refractivity contribution >= 4 is 5.78 Å². The highest BCUT2D eigenvalue weighted by Gasteiger charge is 1.90. The Bertz CT molecular complexity index is 241. The second-order valence-corrected chi connectivity index (χ2v) is 5.07. The van der Waals surface area contributed by atoms with Crippen molar-refractivity contribution in [3.05, 3.63) is 36.5 Å². The molecule has 0 aromatic heterocycles. The van der Waals surface area contributed by atoms with Crippen LogP contribution in [0.2, 0.25) is 0 Å². The molecule has 0 unspecified atom stereocenters. The molecule has 0 aliphatic heterocycles. The van der Waals surface area contributed by atoms with Gasteiger partial charge in [-0.05, 0) is 47.5 Å². The Kier molecular flexibility index (Phi) is 36.1. The van der Waals surface area contributed by atoms with Gasteiger partial charge in [-0.1, -0.05) is 44.9 Å². The maximum atomic E-state index is 10.3. The van der Waals surface area contributed by atoms with E-state index in [1.807, 2.05) is 20.8 Å². The molecule has 0 heterocycles. The lowest BCUT2D eigenvalue weighted by atomic mass is 10.1. The number of Topliss-reactive ketones (excluding diaryl/α,β-unsaturated/α-hetero) is 1. The van der Waals surface area contributed by atoms with E-state index in [0.717, 1.165) is 12.0 Å². The van der Waals surface area contributed by atoms with E-state index in [1.54, 1.807) is 6.92 Å². The van der Waals surface area contributed by atoms with E-state index in [9.17, 15) is 4.79 Å². The minimum atomic E-state index is 0. The summed E-state index contributed by atoms with van der Waals surface area (Å²) < 4.78 is 0. The summed E-state index contributed by atoms with van der Waals surface area (Å²) in [6.07, 6.45) is 3.90. The quantitative estimate of drug-likeness (QED) is 0.490. The normalized spacial score (nSPS) is 7.30. The summed E-state index contributed by atoms with van der Waals surface area (Å²) in [7, 11) is 0. The first kappa shape index (κ1) is 31.3. The molecule has 0 aliphatic rings. The van der Waals surface area contributed by atoms with Crippen LogP contribution < -0.4 is 0 Å². The summed E-state index contributed by atoms with van der Waals surface area (Å²) in [5.41, 5.74) is 3.54. The number of allylic oxidation sites excluding steroid dienone is 3. The van der Waals surface area contributed by atoms with Crippen LogP contribution in [0.3, 0.4) is 0 Å². The third-order valence-corrected chi connectivity index (χ3v) is 1.58. The van der Waals surface area contributed by atoms with Gasteiger partial charge in [-0.25, -0.2) is 0 Å². The molecular formula is C19H40O. The van der Waals surface area contributed by atoms with E-state index in [4.69, 9.17) is 0 Å². The van der Waals surface area contributed by atoms with Gasteiger partial charge >= 0.3 is 0 Å². The first-order chi connectivity index (χ1) is 8.13. The minimum Gasteiger partial charge on any atom is -0.300 e. The van der Waals surface area contributed by atoms with Crippen LogP contribution in [0.4, 0.5) is 0 Å². The molecule has 0 saturated carbocycles. The summed E-state index contributed by atoms with van der Waals surface area (Å²) in [5, 5.41) is 0. The molecule has 0 fully saturated rings. The molecule has 0 saturated heterocycles. The molecule has 122 valence electrons. The summed E-state index contributed by atoms with van der Waals surface area (Å²) in [4.78, 5) is 10.3. The second-order valence-electron chi connectivity index (χ2n) is 5.07. The Hall–Kier alpha value is -1.11. The van der Waals surface area contributed by atoms with Gasteiger partial charge in [-0.3, -0.25) is 0 Å². The van der Waals surface area contributed by atoms with Crippen LogP contribution in [0.15, 0.2) is 36.5 Å². The van der Waals surface area contributed by atoms with E-state index >= 15 is 0 Å². The van der Waals surface area contributed by atoms with Crippen molar-refractivity contribution in [2.24, 2.45) is 0 Å². The van der Waals surface area contributed by atoms with Gasteiger partial charge in [-0.2, -0.15) is 0 Å². The highest BCUT2D eigenvalue weighted by Crippen LogP contribution is 1.99. The van der Waals surface area contributed by atoms with Crippen LogP contribution in [0.5, 0.6) is 0 Å². The molecule has 0 atom stereocenters. The number of ketones is 1. The van der Waals surface area contributed by atoms with Crippen LogP contribution >= 0.6 is 0 Å². The number of rotatable bonds is 5. The van der Waals surface area contributed by atoms with Crippen molar-refractivity contribution in [1.29, 1.82) is 0 Å². The zero-order valence-electron chi connectivity index (χ0n) is 13.4. The SMILES string of the molecule is C.C.C=C(C)C.C=C(C)CCC.C=C(C)CCC(C)=O. The van der Waals surface area contributed by atoms with Gasteiger partial charge in [0.2, 0.25) is 0 Å². The van der Waals surface area contributed by atoms with E-state index < -0.39 is 0 Å². The third-order valence-electron chi connectivity index (χ3n) is 1.58. The predicted molar refractivity (Wildman–Crippen MR) is 98.4 cm³/mol. The van der Waals surface area contributed by atoms with Gasteiger partial charge in [0, 0.05) is 6.42 Å². The molecule has 0 spiro atoms. The first-order valence-corrected chi connectivity index (χ1v) is 6.53. The molecule has 0 aromatic rings. The Morgan fingerprint density at radius 1 is 0.750 bits per heavy atom. The van der Waals surface area contributed by atoms with Crippen molar-refractivity contribution in [2.75, 3.05) is 0 Å². The number of hydrogen-bond acceptors (Lipinski definition) is 1. The average Bonchev–Trinajstić information content (AvgIpc) is 2.14. The third kappa shape index (κ3) is 89.8. The summed E-state index contributed by atoms with van der Waals surface area (Å²) in [6.45, 7) is 22.7. The van der Waals surface area contributed by atoms with Gasteiger partial charge < -0.3 is 4.79 Å². The highest BCUT2D eigenvalue weighted by atomic mass is 16.1. The number of hydrogen-bond donors (Lipinski definition) is 0. The van der Waals surface area contributed by atoms with Crippen molar-refractivity contribution in [3.63, 3.8) is 0 Å². The maximum absolute atomic E-state index is 10.3. The fourth-order valence-electron chi connectivity index (χ4n) is 0.816. The zero-order chi connectivity index (χ0) is 15.1. The topological polar surface area (TPSA) is 17.1 Å². The summed E-state index contributed by atoms with van der Waals surface area (Å²) in [6, 6.07) is 0. The van der Waals surface area contributed by atoms with Crippen LogP contribution in [-0.2, 0) is 4.79 Å². The van der Waals surface area contributed by atoms with Gasteiger partial charge in [0.1, 0.15) is 5.78 Å². The Balaban J connectivity index is -0.0000000564. The van der Waals surface area contributed by atoms with Crippen molar-refractivity contribution < 1.29 is 4.79 Å². The minimum absolute atomic E-state index is 0. The molecule has 0 radical (unpaired) electrons. The summed E-state index contributed by atoms with van der Waals surface area (Å²) in [5.74, 6) is 0.244.